The highest BCUT2D eigenvalue weighted by Crippen LogP contribution is 2.83. The summed E-state index contributed by atoms with van der Waals surface area (Å²) < 4.78 is 7.23. The van der Waals surface area contributed by atoms with Gasteiger partial charge in [0.1, 0.15) is 0 Å². The topological polar surface area (TPSA) is 49.7 Å². The number of allylic oxidation sites excluding steroid dienone is 1. The van der Waals surface area contributed by atoms with Crippen LogP contribution >= 0.6 is 0 Å². The molecule has 0 aromatic rings. The van der Waals surface area contributed by atoms with Crippen molar-refractivity contribution in [2.24, 2.45) is 44.8 Å². The largest absolute Gasteiger partial charge is 0.392 e. The molecule has 3 saturated carbocycles. The van der Waals surface area contributed by atoms with Gasteiger partial charge in [-0.15, -0.1) is 0 Å². The summed E-state index contributed by atoms with van der Waals surface area (Å²) in [6.45, 7) is 19.5. The van der Waals surface area contributed by atoms with Gasteiger partial charge in [0.2, 0.25) is 0 Å². The van der Waals surface area contributed by atoms with Crippen molar-refractivity contribution in [2.75, 3.05) is 0 Å². The number of fused-ring (bicyclic) bond motifs is 3. The van der Waals surface area contributed by atoms with Gasteiger partial charge < -0.3 is 14.9 Å². The zero-order chi connectivity index (χ0) is 24.0. The summed E-state index contributed by atoms with van der Waals surface area (Å²) in [6, 6.07) is 0. The smallest absolute Gasteiger partial charge is 0.0854 e. The molecule has 33 heavy (non-hydrogen) atoms. The number of rotatable bonds is 0. The number of ether oxygens (including phenoxy) is 1. The van der Waals surface area contributed by atoms with E-state index in [-0.39, 0.29) is 51.0 Å². The molecule has 0 aromatic heterocycles. The average molecular weight is 457 g/mol. The Hall–Kier alpha value is -0.380. The lowest BCUT2D eigenvalue weighted by Gasteiger charge is -2.84. The Bertz CT molecular complexity index is 922. The molecule has 3 nitrogen and oxygen atoms in total. The van der Waals surface area contributed by atoms with Crippen LogP contribution in [0.5, 0.6) is 0 Å². The molecule has 186 valence electrons. The Morgan fingerprint density at radius 1 is 0.848 bits per heavy atom. The quantitative estimate of drug-likeness (QED) is 0.422. The standard InChI is InChI=1S/C30H48O3/c1-17-11-12-26(5)22(32)16-30-28(7,24(26)18(17)2)14-13-27(6)19-9-10-21(31)25(3,4)20(19)15-23(33-30)29(27,30)8/h17-18,21-24,31-32H,9-16H2,1-8H3/t17-,18+,21+,22-,23-,24-,26-,27+,28+,29-,30+/m1/s1. The summed E-state index contributed by atoms with van der Waals surface area (Å²) in [5, 5.41) is 22.7. The van der Waals surface area contributed by atoms with Crippen molar-refractivity contribution >= 4 is 0 Å². The van der Waals surface area contributed by atoms with E-state index < -0.39 is 0 Å². The van der Waals surface area contributed by atoms with E-state index in [4.69, 9.17) is 4.74 Å². The molecular formula is C30H48O3. The van der Waals surface area contributed by atoms with E-state index in [0.29, 0.717) is 17.8 Å². The van der Waals surface area contributed by atoms with Crippen molar-refractivity contribution in [2.45, 2.75) is 131 Å². The highest BCUT2D eigenvalue weighted by atomic mass is 16.5. The Kier molecular flexibility index (Phi) is 4.40. The van der Waals surface area contributed by atoms with Crippen molar-refractivity contribution in [3.8, 4) is 0 Å². The fourth-order valence-corrected chi connectivity index (χ4v) is 11.4. The van der Waals surface area contributed by atoms with Gasteiger partial charge in [-0.2, -0.15) is 0 Å². The van der Waals surface area contributed by atoms with Crippen molar-refractivity contribution in [3.05, 3.63) is 11.1 Å². The molecule has 0 radical (unpaired) electrons. The van der Waals surface area contributed by atoms with Gasteiger partial charge in [0.05, 0.1) is 23.9 Å². The third-order valence-electron chi connectivity index (χ3n) is 13.9. The summed E-state index contributed by atoms with van der Waals surface area (Å²) in [6.07, 6.45) is 8.13. The first-order valence-corrected chi connectivity index (χ1v) is 14.0. The minimum atomic E-state index is -0.286. The first-order valence-electron chi connectivity index (χ1n) is 14.0. The molecule has 1 spiro atoms. The summed E-state index contributed by atoms with van der Waals surface area (Å²) in [5.41, 5.74) is 2.97. The molecule has 6 rings (SSSR count). The second kappa shape index (κ2) is 6.30. The van der Waals surface area contributed by atoms with Crippen LogP contribution in [0, 0.1) is 44.8 Å². The molecular weight excluding hydrogens is 408 g/mol. The minimum absolute atomic E-state index is 0.000505. The van der Waals surface area contributed by atoms with Crippen LogP contribution in [0.1, 0.15) is 107 Å². The van der Waals surface area contributed by atoms with E-state index in [0.717, 1.165) is 32.1 Å². The molecule has 4 fully saturated rings. The van der Waals surface area contributed by atoms with Crippen molar-refractivity contribution in [1.29, 1.82) is 0 Å². The first kappa shape index (κ1) is 23.0. The fraction of sp³-hybridized carbons (Fsp3) is 0.933. The van der Waals surface area contributed by atoms with E-state index in [1.807, 2.05) is 0 Å². The molecule has 1 aliphatic heterocycles. The Morgan fingerprint density at radius 3 is 2.24 bits per heavy atom. The van der Waals surface area contributed by atoms with Crippen LogP contribution in [0.3, 0.4) is 0 Å². The molecule has 0 amide bonds. The SMILES string of the molecule is C[C@H]1[C@H](C)CC[C@]2(C)[C@H](O)C[C@]34O[C@@H]5CC6=C(CC[C@H](O)C6(C)C)[C@](C)(CC[C@@]3(C)[C@H]12)[C@@]54C. The first-order chi connectivity index (χ1) is 15.2. The molecule has 0 unspecified atom stereocenters. The van der Waals surface area contributed by atoms with Gasteiger partial charge in [-0.3, -0.25) is 0 Å². The molecule has 0 bridgehead atoms. The normalized spacial score (nSPS) is 61.3. The third kappa shape index (κ3) is 2.19. The van der Waals surface area contributed by atoms with E-state index >= 15 is 0 Å². The van der Waals surface area contributed by atoms with Gasteiger partial charge in [-0.1, -0.05) is 66.5 Å². The number of aliphatic hydroxyl groups excluding tert-OH is 2. The van der Waals surface area contributed by atoms with Gasteiger partial charge in [-0.25, -0.2) is 0 Å². The highest BCUT2D eigenvalue weighted by molar-refractivity contribution is 5.44. The van der Waals surface area contributed by atoms with Crippen molar-refractivity contribution in [1.82, 2.24) is 0 Å². The second-order valence-corrected chi connectivity index (χ2v) is 14.9. The summed E-state index contributed by atoms with van der Waals surface area (Å²) in [7, 11) is 0. The molecule has 11 atom stereocenters. The van der Waals surface area contributed by atoms with Crippen molar-refractivity contribution in [3.63, 3.8) is 0 Å². The van der Waals surface area contributed by atoms with Crippen LogP contribution in [0.4, 0.5) is 0 Å². The van der Waals surface area contributed by atoms with Crippen LogP contribution in [-0.4, -0.2) is 34.1 Å². The maximum Gasteiger partial charge on any atom is 0.0854 e. The lowest BCUT2D eigenvalue weighted by molar-refractivity contribution is -0.446. The van der Waals surface area contributed by atoms with Gasteiger partial charge >= 0.3 is 0 Å². The third-order valence-corrected chi connectivity index (χ3v) is 13.9. The molecule has 5 aliphatic carbocycles. The predicted molar refractivity (Wildman–Crippen MR) is 132 cm³/mol. The molecule has 6 aliphatic rings. The highest BCUT2D eigenvalue weighted by Gasteiger charge is 2.84. The van der Waals surface area contributed by atoms with Gasteiger partial charge in [0, 0.05) is 22.7 Å². The Labute approximate surface area is 201 Å². The molecule has 1 saturated heterocycles. The molecule has 2 N–H and O–H groups in total. The fourth-order valence-electron chi connectivity index (χ4n) is 11.4. The zero-order valence-electron chi connectivity index (χ0n) is 22.4. The Balaban J connectivity index is 1.52. The van der Waals surface area contributed by atoms with E-state index in [9.17, 15) is 10.2 Å². The lowest BCUT2D eigenvalue weighted by Crippen LogP contribution is -2.86. The molecule has 0 aromatic carbocycles. The zero-order valence-corrected chi connectivity index (χ0v) is 22.4. The van der Waals surface area contributed by atoms with Crippen LogP contribution in [0.25, 0.3) is 0 Å². The van der Waals surface area contributed by atoms with E-state index in [1.165, 1.54) is 24.8 Å². The summed E-state index contributed by atoms with van der Waals surface area (Å²) in [5.74, 6) is 1.82. The van der Waals surface area contributed by atoms with Gasteiger partial charge in [0.25, 0.3) is 0 Å². The van der Waals surface area contributed by atoms with Gasteiger partial charge in [-0.05, 0) is 73.5 Å². The maximum atomic E-state index is 11.8. The van der Waals surface area contributed by atoms with Crippen LogP contribution < -0.4 is 0 Å². The van der Waals surface area contributed by atoms with E-state index in [2.05, 4.69) is 55.4 Å². The van der Waals surface area contributed by atoms with Crippen LogP contribution in [-0.2, 0) is 4.74 Å². The minimum Gasteiger partial charge on any atom is -0.392 e. The lowest BCUT2D eigenvalue weighted by atomic mass is 9.28. The maximum absolute atomic E-state index is 11.8. The number of aliphatic hydroxyl groups is 2. The van der Waals surface area contributed by atoms with Crippen LogP contribution in [0.15, 0.2) is 11.1 Å². The Morgan fingerprint density at radius 2 is 1.55 bits per heavy atom. The van der Waals surface area contributed by atoms with Gasteiger partial charge in [0.15, 0.2) is 0 Å². The second-order valence-electron chi connectivity index (χ2n) is 14.9. The number of hydrogen-bond acceptors (Lipinski definition) is 3. The predicted octanol–water partition coefficient (Wildman–Crippen LogP) is 6.27. The summed E-state index contributed by atoms with van der Waals surface area (Å²) in [4.78, 5) is 0. The van der Waals surface area contributed by atoms with E-state index in [1.54, 1.807) is 5.57 Å². The van der Waals surface area contributed by atoms with Crippen LogP contribution in [0.2, 0.25) is 0 Å². The average Bonchev–Trinajstić information content (AvgIpc) is 2.74. The molecule has 1 heterocycles. The summed E-state index contributed by atoms with van der Waals surface area (Å²) >= 11 is 0. The molecule has 3 heteroatoms. The monoisotopic (exact) mass is 456 g/mol. The number of hydrogen-bond donors (Lipinski definition) is 2. The van der Waals surface area contributed by atoms with Crippen molar-refractivity contribution < 1.29 is 14.9 Å².